The van der Waals surface area contributed by atoms with Crippen molar-refractivity contribution in [3.63, 3.8) is 0 Å². The Balaban J connectivity index is 1.97. The molecule has 1 radical (unpaired) electrons. The average Bonchev–Trinajstić information content (AvgIpc) is 2.39. The Morgan fingerprint density at radius 3 is 2.75 bits per heavy atom. The van der Waals surface area contributed by atoms with Crippen LogP contribution in [0.25, 0.3) is 0 Å². The Bertz CT molecular complexity index is 345. The number of likely N-dealkylation sites (tertiary alicyclic amines) is 1. The fourth-order valence-electron chi connectivity index (χ4n) is 2.00. The summed E-state index contributed by atoms with van der Waals surface area (Å²) >= 11 is 0. The highest BCUT2D eigenvalue weighted by Gasteiger charge is 2.23. The maximum Gasteiger partial charge on any atom is 0.274 e. The van der Waals surface area contributed by atoms with Gasteiger partial charge in [0.1, 0.15) is 5.69 Å². The molecule has 0 unspecified atom stereocenters. The van der Waals surface area contributed by atoms with Gasteiger partial charge in [-0.3, -0.25) is 9.78 Å². The predicted molar refractivity (Wildman–Crippen MR) is 60.6 cm³/mol. The van der Waals surface area contributed by atoms with Gasteiger partial charge in [-0.25, -0.2) is 4.98 Å². The fraction of sp³-hybridized carbons (Fsp3) is 0.500. The largest absolute Gasteiger partial charge is 0.337 e. The van der Waals surface area contributed by atoms with E-state index >= 15 is 0 Å². The lowest BCUT2D eigenvalue weighted by atomic mass is 9.94. The Morgan fingerprint density at radius 2 is 2.19 bits per heavy atom. The van der Waals surface area contributed by atoms with E-state index in [9.17, 15) is 4.79 Å². The molecule has 4 heteroatoms. The van der Waals surface area contributed by atoms with Gasteiger partial charge in [0.2, 0.25) is 0 Å². The molecule has 1 amide bonds. The molecular formula is C12H16N3O. The third-order valence-corrected chi connectivity index (χ3v) is 3.09. The van der Waals surface area contributed by atoms with Crippen molar-refractivity contribution >= 4 is 5.91 Å². The van der Waals surface area contributed by atoms with E-state index in [2.05, 4.69) is 16.9 Å². The minimum absolute atomic E-state index is 0.00406. The molecule has 1 saturated heterocycles. The molecule has 0 atom stereocenters. The summed E-state index contributed by atoms with van der Waals surface area (Å²) in [6.07, 6.45) is 7.72. The lowest BCUT2D eigenvalue weighted by Crippen LogP contribution is -2.38. The van der Waals surface area contributed by atoms with E-state index in [1.807, 2.05) is 4.90 Å². The van der Waals surface area contributed by atoms with E-state index in [1.54, 1.807) is 12.4 Å². The molecule has 85 valence electrons. The molecule has 2 heterocycles. The van der Waals surface area contributed by atoms with Crippen LogP contribution < -0.4 is 0 Å². The summed E-state index contributed by atoms with van der Waals surface area (Å²) in [5.74, 6) is 0.668. The summed E-state index contributed by atoms with van der Waals surface area (Å²) in [5, 5.41) is 0. The van der Waals surface area contributed by atoms with E-state index in [1.165, 1.54) is 6.20 Å². The second-order valence-electron chi connectivity index (χ2n) is 4.11. The molecule has 0 N–H and O–H groups in total. The number of nitrogens with zero attached hydrogens (tertiary/aromatic N) is 3. The Hall–Kier alpha value is -1.45. The van der Waals surface area contributed by atoms with Crippen LogP contribution in [0.4, 0.5) is 0 Å². The molecule has 0 aromatic carbocycles. The van der Waals surface area contributed by atoms with Gasteiger partial charge in [0.25, 0.3) is 5.91 Å². The molecule has 1 aromatic rings. The quantitative estimate of drug-likeness (QED) is 0.756. The molecule has 16 heavy (non-hydrogen) atoms. The zero-order chi connectivity index (χ0) is 11.4. The first-order chi connectivity index (χ1) is 7.81. The minimum Gasteiger partial charge on any atom is -0.337 e. The van der Waals surface area contributed by atoms with Gasteiger partial charge in [-0.15, -0.1) is 0 Å². The monoisotopic (exact) mass is 218 g/mol. The van der Waals surface area contributed by atoms with Crippen LogP contribution in [-0.4, -0.2) is 33.9 Å². The van der Waals surface area contributed by atoms with Crippen molar-refractivity contribution in [3.8, 4) is 0 Å². The van der Waals surface area contributed by atoms with Crippen molar-refractivity contribution in [2.24, 2.45) is 5.92 Å². The highest BCUT2D eigenvalue weighted by molar-refractivity contribution is 5.91. The van der Waals surface area contributed by atoms with Gasteiger partial charge in [-0.2, -0.15) is 0 Å². The third-order valence-electron chi connectivity index (χ3n) is 3.09. The Morgan fingerprint density at radius 1 is 1.44 bits per heavy atom. The molecule has 0 saturated carbocycles. The number of hydrogen-bond donors (Lipinski definition) is 0. The minimum atomic E-state index is -0.00406. The van der Waals surface area contributed by atoms with Crippen molar-refractivity contribution in [2.75, 3.05) is 13.1 Å². The Kier molecular flexibility index (Phi) is 3.49. The van der Waals surface area contributed by atoms with E-state index in [4.69, 9.17) is 0 Å². The second kappa shape index (κ2) is 5.05. The van der Waals surface area contributed by atoms with E-state index in [-0.39, 0.29) is 5.91 Å². The molecule has 1 aliphatic rings. The van der Waals surface area contributed by atoms with Crippen LogP contribution in [0, 0.1) is 12.8 Å². The standard InChI is InChI=1S/C12H16N3O/c1-2-10-3-7-15(8-4-10)12(16)11-9-13-5-6-14-11/h5-6,9-10H,1-4,7-8H2. The average molecular weight is 218 g/mol. The zero-order valence-corrected chi connectivity index (χ0v) is 9.30. The molecule has 1 aliphatic heterocycles. The highest BCUT2D eigenvalue weighted by Crippen LogP contribution is 2.20. The molecule has 2 rings (SSSR count). The van der Waals surface area contributed by atoms with Crippen molar-refractivity contribution < 1.29 is 4.79 Å². The first kappa shape index (κ1) is 11.0. The maximum atomic E-state index is 12.0. The topological polar surface area (TPSA) is 46.1 Å². The van der Waals surface area contributed by atoms with Crippen LogP contribution in [0.3, 0.4) is 0 Å². The van der Waals surface area contributed by atoms with Crippen molar-refractivity contribution in [3.05, 3.63) is 31.2 Å². The summed E-state index contributed by atoms with van der Waals surface area (Å²) in [5.41, 5.74) is 0.440. The van der Waals surface area contributed by atoms with Crippen LogP contribution in [0.1, 0.15) is 29.8 Å². The van der Waals surface area contributed by atoms with Gasteiger partial charge in [0.15, 0.2) is 0 Å². The van der Waals surface area contributed by atoms with E-state index in [0.29, 0.717) is 11.6 Å². The Labute approximate surface area is 95.7 Å². The zero-order valence-electron chi connectivity index (χ0n) is 9.30. The molecule has 1 fully saturated rings. The van der Waals surface area contributed by atoms with E-state index in [0.717, 1.165) is 32.4 Å². The summed E-state index contributed by atoms with van der Waals surface area (Å²) in [4.78, 5) is 21.8. The van der Waals surface area contributed by atoms with Crippen molar-refractivity contribution in [1.29, 1.82) is 0 Å². The predicted octanol–water partition coefficient (Wildman–Crippen LogP) is 1.55. The number of rotatable bonds is 2. The highest BCUT2D eigenvalue weighted by atomic mass is 16.2. The smallest absolute Gasteiger partial charge is 0.274 e. The summed E-state index contributed by atoms with van der Waals surface area (Å²) < 4.78 is 0. The van der Waals surface area contributed by atoms with Gasteiger partial charge in [0.05, 0.1) is 6.20 Å². The normalized spacial score (nSPS) is 17.4. The van der Waals surface area contributed by atoms with Crippen LogP contribution in [0.5, 0.6) is 0 Å². The molecule has 1 aromatic heterocycles. The molecule has 0 aliphatic carbocycles. The van der Waals surface area contributed by atoms with Crippen molar-refractivity contribution in [2.45, 2.75) is 19.3 Å². The SMILES string of the molecule is [CH2]CC1CCN(C(=O)c2cnccn2)CC1. The lowest BCUT2D eigenvalue weighted by molar-refractivity contribution is 0.0685. The lowest BCUT2D eigenvalue weighted by Gasteiger charge is -2.31. The summed E-state index contributed by atoms with van der Waals surface area (Å²) in [6.45, 7) is 5.54. The van der Waals surface area contributed by atoms with Crippen molar-refractivity contribution in [1.82, 2.24) is 14.9 Å². The van der Waals surface area contributed by atoms with Crippen LogP contribution in [0.15, 0.2) is 18.6 Å². The molecular weight excluding hydrogens is 202 g/mol. The fourth-order valence-corrected chi connectivity index (χ4v) is 2.00. The first-order valence-electron chi connectivity index (χ1n) is 5.66. The van der Waals surface area contributed by atoms with Gasteiger partial charge in [0, 0.05) is 25.5 Å². The second-order valence-corrected chi connectivity index (χ2v) is 4.11. The molecule has 0 bridgehead atoms. The maximum absolute atomic E-state index is 12.0. The van der Waals surface area contributed by atoms with E-state index < -0.39 is 0 Å². The van der Waals surface area contributed by atoms with Crippen LogP contribution >= 0.6 is 0 Å². The van der Waals surface area contributed by atoms with Crippen LogP contribution in [-0.2, 0) is 0 Å². The molecule has 0 spiro atoms. The number of aromatic nitrogens is 2. The van der Waals surface area contributed by atoms with Crippen LogP contribution in [0.2, 0.25) is 0 Å². The van der Waals surface area contributed by atoms with Gasteiger partial charge < -0.3 is 4.90 Å². The van der Waals surface area contributed by atoms with Gasteiger partial charge >= 0.3 is 0 Å². The first-order valence-corrected chi connectivity index (χ1v) is 5.66. The van der Waals surface area contributed by atoms with Gasteiger partial charge in [-0.1, -0.05) is 13.3 Å². The number of amides is 1. The summed E-state index contributed by atoms with van der Waals surface area (Å²) in [7, 11) is 0. The number of hydrogen-bond acceptors (Lipinski definition) is 3. The number of carbonyl (C=O) groups is 1. The third kappa shape index (κ3) is 2.38. The number of carbonyl (C=O) groups excluding carboxylic acids is 1. The summed E-state index contributed by atoms with van der Waals surface area (Å²) in [6, 6.07) is 0. The molecule has 4 nitrogen and oxygen atoms in total. The van der Waals surface area contributed by atoms with Gasteiger partial charge in [-0.05, 0) is 18.8 Å². The number of piperidine rings is 1.